The van der Waals surface area contributed by atoms with Gasteiger partial charge in [0.25, 0.3) is 5.91 Å². The molecule has 2 unspecified atom stereocenters. The van der Waals surface area contributed by atoms with Gasteiger partial charge in [0.2, 0.25) is 0 Å². The molecule has 120 valence electrons. The number of aromatic nitrogens is 1. The minimum atomic E-state index is -0.134. The van der Waals surface area contributed by atoms with Crippen LogP contribution in [0.15, 0.2) is 35.2 Å². The number of likely N-dealkylation sites (tertiary alicyclic amines) is 2. The van der Waals surface area contributed by atoms with E-state index in [4.69, 9.17) is 0 Å². The Labute approximate surface area is 138 Å². The molecule has 3 heterocycles. The third-order valence-electron chi connectivity index (χ3n) is 4.85. The van der Waals surface area contributed by atoms with Gasteiger partial charge in [-0.05, 0) is 17.9 Å². The van der Waals surface area contributed by atoms with Gasteiger partial charge in [0.15, 0.2) is 0 Å². The standard InChI is InChI=1S/C17H18FN3OS/c18-15-4-2-1-3-12(15)5-20-6-13-8-21(9-14(13)7-20)17(22)16-10-23-11-19-16/h1-4,10-11,13-14H,5-9H2. The van der Waals surface area contributed by atoms with E-state index in [0.717, 1.165) is 31.7 Å². The number of hydrogen-bond acceptors (Lipinski definition) is 4. The second kappa shape index (κ2) is 6.02. The highest BCUT2D eigenvalue weighted by Gasteiger charge is 2.41. The van der Waals surface area contributed by atoms with Gasteiger partial charge in [-0.3, -0.25) is 9.69 Å². The summed E-state index contributed by atoms with van der Waals surface area (Å²) in [4.78, 5) is 20.7. The van der Waals surface area contributed by atoms with Gasteiger partial charge in [-0.2, -0.15) is 0 Å². The molecule has 1 aromatic carbocycles. The van der Waals surface area contributed by atoms with Gasteiger partial charge >= 0.3 is 0 Å². The minimum Gasteiger partial charge on any atom is -0.337 e. The highest BCUT2D eigenvalue weighted by atomic mass is 32.1. The molecule has 2 aliphatic rings. The number of fused-ring (bicyclic) bond motifs is 1. The lowest BCUT2D eigenvalue weighted by Gasteiger charge is -2.21. The molecule has 0 N–H and O–H groups in total. The summed E-state index contributed by atoms with van der Waals surface area (Å²) >= 11 is 1.45. The van der Waals surface area contributed by atoms with Crippen LogP contribution in [0.1, 0.15) is 16.1 Å². The fraction of sp³-hybridized carbons (Fsp3) is 0.412. The van der Waals surface area contributed by atoms with E-state index in [1.807, 2.05) is 17.0 Å². The molecule has 2 saturated heterocycles. The van der Waals surface area contributed by atoms with Gasteiger partial charge in [-0.15, -0.1) is 11.3 Å². The van der Waals surface area contributed by atoms with E-state index in [2.05, 4.69) is 9.88 Å². The van der Waals surface area contributed by atoms with Crippen molar-refractivity contribution in [2.45, 2.75) is 6.54 Å². The summed E-state index contributed by atoms with van der Waals surface area (Å²) in [6.45, 7) is 4.09. The summed E-state index contributed by atoms with van der Waals surface area (Å²) in [5.41, 5.74) is 3.00. The Morgan fingerprint density at radius 2 is 1.96 bits per heavy atom. The van der Waals surface area contributed by atoms with Gasteiger partial charge in [-0.25, -0.2) is 9.37 Å². The quantitative estimate of drug-likeness (QED) is 0.867. The molecule has 0 bridgehead atoms. The van der Waals surface area contributed by atoms with E-state index in [0.29, 0.717) is 24.1 Å². The average molecular weight is 331 g/mol. The molecule has 2 fully saturated rings. The van der Waals surface area contributed by atoms with Crippen LogP contribution in [0.5, 0.6) is 0 Å². The first-order valence-electron chi connectivity index (χ1n) is 7.84. The molecule has 1 aromatic heterocycles. The molecule has 0 radical (unpaired) electrons. The summed E-state index contributed by atoms with van der Waals surface area (Å²) in [7, 11) is 0. The number of carbonyl (C=O) groups excluding carboxylic acids is 1. The fourth-order valence-corrected chi connectivity index (χ4v) is 4.26. The van der Waals surface area contributed by atoms with Crippen LogP contribution in [0.25, 0.3) is 0 Å². The first-order chi connectivity index (χ1) is 11.2. The van der Waals surface area contributed by atoms with Crippen molar-refractivity contribution in [1.82, 2.24) is 14.8 Å². The number of benzene rings is 1. The molecule has 0 saturated carbocycles. The number of amides is 1. The van der Waals surface area contributed by atoms with Crippen molar-refractivity contribution in [1.29, 1.82) is 0 Å². The van der Waals surface area contributed by atoms with E-state index in [1.165, 1.54) is 17.4 Å². The first-order valence-corrected chi connectivity index (χ1v) is 8.78. The predicted molar refractivity (Wildman–Crippen MR) is 86.7 cm³/mol. The molecule has 2 atom stereocenters. The lowest BCUT2D eigenvalue weighted by Crippen LogP contribution is -2.33. The van der Waals surface area contributed by atoms with Gasteiger partial charge in [-0.1, -0.05) is 18.2 Å². The maximum absolute atomic E-state index is 13.8. The number of thiazole rings is 1. The SMILES string of the molecule is O=C(c1cscn1)N1CC2CN(Cc3ccccc3F)CC2C1. The second-order valence-electron chi connectivity index (χ2n) is 6.39. The van der Waals surface area contributed by atoms with Crippen LogP contribution in [-0.4, -0.2) is 46.9 Å². The van der Waals surface area contributed by atoms with E-state index in [-0.39, 0.29) is 11.7 Å². The van der Waals surface area contributed by atoms with Crippen LogP contribution in [0.4, 0.5) is 4.39 Å². The van der Waals surface area contributed by atoms with Crippen molar-refractivity contribution in [2.75, 3.05) is 26.2 Å². The van der Waals surface area contributed by atoms with E-state index >= 15 is 0 Å². The summed E-state index contributed by atoms with van der Waals surface area (Å²) in [6, 6.07) is 6.96. The third kappa shape index (κ3) is 2.88. The zero-order chi connectivity index (χ0) is 15.8. The maximum atomic E-state index is 13.8. The van der Waals surface area contributed by atoms with Gasteiger partial charge in [0.1, 0.15) is 11.5 Å². The molecule has 1 amide bonds. The minimum absolute atomic E-state index is 0.0429. The summed E-state index contributed by atoms with van der Waals surface area (Å²) in [5.74, 6) is 0.889. The number of hydrogen-bond donors (Lipinski definition) is 0. The molecular formula is C17H18FN3OS. The Balaban J connectivity index is 1.37. The molecule has 4 rings (SSSR count). The topological polar surface area (TPSA) is 36.4 Å². The predicted octanol–water partition coefficient (Wildman–Crippen LogP) is 2.49. The fourth-order valence-electron chi connectivity index (χ4n) is 3.73. The highest BCUT2D eigenvalue weighted by molar-refractivity contribution is 7.07. The molecule has 4 nitrogen and oxygen atoms in total. The van der Waals surface area contributed by atoms with Gasteiger partial charge < -0.3 is 4.90 Å². The Morgan fingerprint density at radius 1 is 1.22 bits per heavy atom. The van der Waals surface area contributed by atoms with Crippen LogP contribution in [-0.2, 0) is 6.54 Å². The van der Waals surface area contributed by atoms with Crippen molar-refractivity contribution >= 4 is 17.2 Å². The third-order valence-corrected chi connectivity index (χ3v) is 5.44. The molecule has 0 aliphatic carbocycles. The smallest absolute Gasteiger partial charge is 0.273 e. The van der Waals surface area contributed by atoms with Crippen molar-refractivity contribution < 1.29 is 9.18 Å². The molecule has 23 heavy (non-hydrogen) atoms. The van der Waals surface area contributed by atoms with E-state index in [9.17, 15) is 9.18 Å². The second-order valence-corrected chi connectivity index (χ2v) is 7.11. The van der Waals surface area contributed by atoms with Crippen LogP contribution >= 0.6 is 11.3 Å². The Kier molecular flexibility index (Phi) is 3.87. The van der Waals surface area contributed by atoms with Gasteiger partial charge in [0, 0.05) is 43.7 Å². The molecule has 0 spiro atoms. The molecule has 6 heteroatoms. The number of carbonyl (C=O) groups is 1. The summed E-state index contributed by atoms with van der Waals surface area (Å²) in [6.07, 6.45) is 0. The summed E-state index contributed by atoms with van der Waals surface area (Å²) in [5, 5.41) is 1.81. The normalized spacial score (nSPS) is 24.1. The van der Waals surface area contributed by atoms with Crippen LogP contribution in [0.2, 0.25) is 0 Å². The maximum Gasteiger partial charge on any atom is 0.273 e. The van der Waals surface area contributed by atoms with Crippen LogP contribution < -0.4 is 0 Å². The Hall–Kier alpha value is -1.79. The lowest BCUT2D eigenvalue weighted by molar-refractivity contribution is 0.0768. The van der Waals surface area contributed by atoms with Crippen molar-refractivity contribution in [3.63, 3.8) is 0 Å². The Bertz CT molecular complexity index is 692. The first kappa shape index (κ1) is 14.8. The monoisotopic (exact) mass is 331 g/mol. The molecular weight excluding hydrogens is 313 g/mol. The number of halogens is 1. The Morgan fingerprint density at radius 3 is 2.61 bits per heavy atom. The molecule has 2 aliphatic heterocycles. The average Bonchev–Trinajstić information content (AvgIpc) is 3.24. The van der Waals surface area contributed by atoms with Crippen molar-refractivity contribution in [3.8, 4) is 0 Å². The lowest BCUT2D eigenvalue weighted by atomic mass is 10.0. The summed E-state index contributed by atoms with van der Waals surface area (Å²) < 4.78 is 13.8. The van der Waals surface area contributed by atoms with E-state index < -0.39 is 0 Å². The number of rotatable bonds is 3. The zero-order valence-corrected chi connectivity index (χ0v) is 13.5. The van der Waals surface area contributed by atoms with E-state index in [1.54, 1.807) is 17.0 Å². The van der Waals surface area contributed by atoms with Crippen molar-refractivity contribution in [2.24, 2.45) is 11.8 Å². The van der Waals surface area contributed by atoms with Gasteiger partial charge in [0.05, 0.1) is 5.51 Å². The highest BCUT2D eigenvalue weighted by Crippen LogP contribution is 2.32. The number of nitrogens with zero attached hydrogens (tertiary/aromatic N) is 3. The molecule has 2 aromatic rings. The van der Waals surface area contributed by atoms with Crippen molar-refractivity contribution in [3.05, 3.63) is 52.2 Å². The largest absolute Gasteiger partial charge is 0.337 e. The zero-order valence-electron chi connectivity index (χ0n) is 12.7. The van der Waals surface area contributed by atoms with Crippen LogP contribution in [0.3, 0.4) is 0 Å². The van der Waals surface area contributed by atoms with Crippen LogP contribution in [0, 0.1) is 17.7 Å².